The first-order chi connectivity index (χ1) is 11.7. The maximum atomic E-state index is 12.7. The second kappa shape index (κ2) is 7.40. The van der Waals surface area contributed by atoms with Crippen LogP contribution >= 0.6 is 0 Å². The van der Waals surface area contributed by atoms with Gasteiger partial charge in [-0.15, -0.1) is 0 Å². The zero-order valence-corrected chi connectivity index (χ0v) is 14.2. The van der Waals surface area contributed by atoms with Gasteiger partial charge in [0.1, 0.15) is 6.10 Å². The van der Waals surface area contributed by atoms with Crippen molar-refractivity contribution in [3.05, 3.63) is 23.8 Å². The minimum Gasteiger partial charge on any atom is -0.493 e. The lowest BCUT2D eigenvalue weighted by Gasteiger charge is -2.41. The molecule has 2 fully saturated rings. The molecule has 2 aliphatic rings. The van der Waals surface area contributed by atoms with Gasteiger partial charge in [0.2, 0.25) is 5.91 Å². The monoisotopic (exact) mass is 335 g/mol. The maximum absolute atomic E-state index is 12.7. The summed E-state index contributed by atoms with van der Waals surface area (Å²) < 4.78 is 16.4. The first kappa shape index (κ1) is 17.0. The fraction of sp³-hybridized carbons (Fsp3) is 0.611. The van der Waals surface area contributed by atoms with Crippen LogP contribution in [0.25, 0.3) is 0 Å². The molecule has 6 nitrogen and oxygen atoms in total. The Hall–Kier alpha value is -1.79. The number of nitrogens with zero attached hydrogens (tertiary/aromatic N) is 1. The number of amides is 1. The minimum absolute atomic E-state index is 0.133. The van der Waals surface area contributed by atoms with E-state index in [4.69, 9.17) is 14.2 Å². The molecule has 0 bridgehead atoms. The van der Waals surface area contributed by atoms with E-state index in [9.17, 15) is 9.90 Å². The number of ether oxygens (including phenoxy) is 3. The quantitative estimate of drug-likeness (QED) is 0.858. The van der Waals surface area contributed by atoms with Gasteiger partial charge in [-0.3, -0.25) is 4.79 Å². The van der Waals surface area contributed by atoms with Crippen LogP contribution in [0.5, 0.6) is 11.5 Å². The second-order valence-electron chi connectivity index (χ2n) is 6.39. The second-order valence-corrected chi connectivity index (χ2v) is 6.39. The van der Waals surface area contributed by atoms with Crippen LogP contribution in [0.4, 0.5) is 0 Å². The molecule has 0 radical (unpaired) electrons. The highest BCUT2D eigenvalue weighted by Crippen LogP contribution is 2.38. The van der Waals surface area contributed by atoms with Crippen LogP contribution in [0.1, 0.15) is 30.9 Å². The number of morpholine rings is 1. The Morgan fingerprint density at radius 2 is 2.04 bits per heavy atom. The van der Waals surface area contributed by atoms with Crippen LogP contribution in [0.2, 0.25) is 0 Å². The molecule has 1 aromatic rings. The SMILES string of the molecule is COc1ccc(C2C(CO)OCCN2C(=O)CC2CC2)cc1OC. The molecule has 1 saturated heterocycles. The third-order valence-corrected chi connectivity index (χ3v) is 4.76. The fourth-order valence-electron chi connectivity index (χ4n) is 3.28. The van der Waals surface area contributed by atoms with Gasteiger partial charge in [0.25, 0.3) is 0 Å². The largest absolute Gasteiger partial charge is 0.493 e. The topological polar surface area (TPSA) is 68.2 Å². The summed E-state index contributed by atoms with van der Waals surface area (Å²) in [5.41, 5.74) is 0.885. The molecule has 1 saturated carbocycles. The van der Waals surface area contributed by atoms with E-state index >= 15 is 0 Å². The Labute approximate surface area is 142 Å². The van der Waals surface area contributed by atoms with Gasteiger partial charge in [-0.05, 0) is 36.5 Å². The number of aliphatic hydroxyl groups is 1. The van der Waals surface area contributed by atoms with Gasteiger partial charge in [0.05, 0.1) is 33.5 Å². The van der Waals surface area contributed by atoms with Crippen LogP contribution in [0, 0.1) is 5.92 Å². The van der Waals surface area contributed by atoms with E-state index in [0.717, 1.165) is 18.4 Å². The van der Waals surface area contributed by atoms with Crippen molar-refractivity contribution in [3.63, 3.8) is 0 Å². The van der Waals surface area contributed by atoms with Crippen molar-refractivity contribution in [2.24, 2.45) is 5.92 Å². The first-order valence-electron chi connectivity index (χ1n) is 8.41. The molecule has 0 spiro atoms. The molecule has 1 aromatic carbocycles. The standard InChI is InChI=1S/C18H25NO5/c1-22-14-6-5-13(10-15(14)23-2)18-16(11-20)24-8-7-19(18)17(21)9-12-3-4-12/h5-6,10,12,16,18,20H,3-4,7-9,11H2,1-2H3. The van der Waals surface area contributed by atoms with Crippen molar-refractivity contribution < 1.29 is 24.1 Å². The van der Waals surface area contributed by atoms with Crippen LogP contribution in [0.3, 0.4) is 0 Å². The molecule has 24 heavy (non-hydrogen) atoms. The van der Waals surface area contributed by atoms with Crippen molar-refractivity contribution in [2.45, 2.75) is 31.4 Å². The lowest BCUT2D eigenvalue weighted by atomic mass is 9.97. The smallest absolute Gasteiger partial charge is 0.223 e. The van der Waals surface area contributed by atoms with Gasteiger partial charge in [0.15, 0.2) is 11.5 Å². The third kappa shape index (κ3) is 3.49. The summed E-state index contributed by atoms with van der Waals surface area (Å²) in [6.45, 7) is 0.860. The molecule has 1 aliphatic carbocycles. The number of methoxy groups -OCH3 is 2. The number of aliphatic hydroxyl groups excluding tert-OH is 1. The number of carbonyl (C=O) groups is 1. The van der Waals surface area contributed by atoms with Gasteiger partial charge in [-0.1, -0.05) is 6.07 Å². The molecule has 2 atom stereocenters. The lowest BCUT2D eigenvalue weighted by molar-refractivity contribution is -0.150. The maximum Gasteiger partial charge on any atom is 0.223 e. The molecule has 3 rings (SSSR count). The van der Waals surface area contributed by atoms with Crippen molar-refractivity contribution in [1.29, 1.82) is 0 Å². The van der Waals surface area contributed by atoms with E-state index in [1.165, 1.54) is 0 Å². The predicted octanol–water partition coefficient (Wildman–Crippen LogP) is 1.76. The summed E-state index contributed by atoms with van der Waals surface area (Å²) in [7, 11) is 3.17. The number of rotatable bonds is 6. The zero-order chi connectivity index (χ0) is 17.1. The average molecular weight is 335 g/mol. The number of hydrogen-bond donors (Lipinski definition) is 1. The minimum atomic E-state index is -0.431. The molecule has 1 amide bonds. The van der Waals surface area contributed by atoms with E-state index < -0.39 is 6.10 Å². The first-order valence-corrected chi connectivity index (χ1v) is 8.41. The highest BCUT2D eigenvalue weighted by Gasteiger charge is 2.38. The molecule has 0 aromatic heterocycles. The van der Waals surface area contributed by atoms with E-state index in [-0.39, 0.29) is 18.6 Å². The summed E-state index contributed by atoms with van der Waals surface area (Å²) in [5, 5.41) is 9.72. The Bertz CT molecular complexity index is 587. The van der Waals surface area contributed by atoms with Crippen molar-refractivity contribution in [2.75, 3.05) is 34.0 Å². The summed E-state index contributed by atoms with van der Waals surface area (Å²) in [4.78, 5) is 14.6. The van der Waals surface area contributed by atoms with E-state index in [0.29, 0.717) is 37.0 Å². The fourth-order valence-corrected chi connectivity index (χ4v) is 3.28. The predicted molar refractivity (Wildman–Crippen MR) is 88.2 cm³/mol. The van der Waals surface area contributed by atoms with Crippen LogP contribution in [-0.2, 0) is 9.53 Å². The molecule has 1 N–H and O–H groups in total. The van der Waals surface area contributed by atoms with Gasteiger partial charge >= 0.3 is 0 Å². The van der Waals surface area contributed by atoms with E-state index in [2.05, 4.69) is 0 Å². The zero-order valence-electron chi connectivity index (χ0n) is 14.2. The van der Waals surface area contributed by atoms with Crippen LogP contribution in [-0.4, -0.2) is 56.0 Å². The number of hydrogen-bond acceptors (Lipinski definition) is 5. The Morgan fingerprint density at radius 3 is 2.67 bits per heavy atom. The lowest BCUT2D eigenvalue weighted by Crippen LogP contribution is -2.49. The summed E-state index contributed by atoms with van der Waals surface area (Å²) >= 11 is 0. The van der Waals surface area contributed by atoms with Crippen molar-refractivity contribution in [1.82, 2.24) is 4.90 Å². The summed E-state index contributed by atoms with van der Waals surface area (Å²) in [6, 6.07) is 5.27. The Kier molecular flexibility index (Phi) is 5.26. The van der Waals surface area contributed by atoms with Crippen LogP contribution in [0.15, 0.2) is 18.2 Å². The van der Waals surface area contributed by atoms with Crippen molar-refractivity contribution in [3.8, 4) is 11.5 Å². The third-order valence-electron chi connectivity index (χ3n) is 4.76. The number of benzene rings is 1. The molecule has 1 aliphatic heterocycles. The molecule has 132 valence electrons. The molecular formula is C18H25NO5. The highest BCUT2D eigenvalue weighted by molar-refractivity contribution is 5.77. The molecule has 1 heterocycles. The van der Waals surface area contributed by atoms with Gasteiger partial charge in [-0.25, -0.2) is 0 Å². The Balaban J connectivity index is 1.90. The van der Waals surface area contributed by atoms with Gasteiger partial charge in [0, 0.05) is 13.0 Å². The normalized spacial score (nSPS) is 23.9. The molecular weight excluding hydrogens is 310 g/mol. The summed E-state index contributed by atoms with van der Waals surface area (Å²) in [6.07, 6.45) is 2.43. The molecule has 6 heteroatoms. The van der Waals surface area contributed by atoms with Gasteiger partial charge < -0.3 is 24.2 Å². The Morgan fingerprint density at radius 1 is 1.29 bits per heavy atom. The number of carbonyl (C=O) groups excluding carboxylic acids is 1. The highest BCUT2D eigenvalue weighted by atomic mass is 16.5. The van der Waals surface area contributed by atoms with Gasteiger partial charge in [-0.2, -0.15) is 0 Å². The van der Waals surface area contributed by atoms with E-state index in [1.54, 1.807) is 14.2 Å². The van der Waals surface area contributed by atoms with Crippen molar-refractivity contribution >= 4 is 5.91 Å². The van der Waals surface area contributed by atoms with E-state index in [1.807, 2.05) is 23.1 Å². The molecule has 2 unspecified atom stereocenters. The average Bonchev–Trinajstić information content (AvgIpc) is 3.44. The van der Waals surface area contributed by atoms with Crippen LogP contribution < -0.4 is 9.47 Å². The summed E-state index contributed by atoms with van der Waals surface area (Å²) in [5.74, 6) is 1.90.